The van der Waals surface area contributed by atoms with Gasteiger partial charge in [-0.05, 0) is 30.7 Å². The molecule has 1 amide bonds. The summed E-state index contributed by atoms with van der Waals surface area (Å²) in [6.07, 6.45) is 0. The summed E-state index contributed by atoms with van der Waals surface area (Å²) in [6.45, 7) is 1.69. The van der Waals surface area contributed by atoms with Gasteiger partial charge in [0, 0.05) is 0 Å². The number of hydrogen-bond donors (Lipinski definition) is 2. The van der Waals surface area contributed by atoms with Gasteiger partial charge in [-0.15, -0.1) is 0 Å². The van der Waals surface area contributed by atoms with Gasteiger partial charge in [-0.25, -0.2) is 4.79 Å². The number of anilines is 1. The van der Waals surface area contributed by atoms with Gasteiger partial charge in [0.05, 0.1) is 24.4 Å². The minimum atomic E-state index is -0.498. The second-order valence-corrected chi connectivity index (χ2v) is 5.23. The van der Waals surface area contributed by atoms with Crippen LogP contribution < -0.4 is 15.8 Å². The van der Waals surface area contributed by atoms with Crippen LogP contribution in [0.3, 0.4) is 0 Å². The van der Waals surface area contributed by atoms with E-state index < -0.39 is 5.97 Å². The molecule has 3 N–H and O–H groups in total. The van der Waals surface area contributed by atoms with Gasteiger partial charge in [0.15, 0.2) is 6.61 Å². The van der Waals surface area contributed by atoms with Crippen molar-refractivity contribution in [2.75, 3.05) is 19.5 Å². The number of nitrogens with two attached hydrogens (primary N) is 1. The Hall–Kier alpha value is -3.02. The molecule has 0 aliphatic rings. The predicted molar refractivity (Wildman–Crippen MR) is 90.7 cm³/mol. The van der Waals surface area contributed by atoms with Crippen LogP contribution >= 0.6 is 0 Å². The number of rotatable bonds is 6. The zero-order chi connectivity index (χ0) is 17.5. The smallest absolute Gasteiger partial charge is 0.337 e. The van der Waals surface area contributed by atoms with E-state index in [1.54, 1.807) is 0 Å². The zero-order valence-electron chi connectivity index (χ0n) is 13.6. The molecule has 2 aromatic rings. The molecule has 0 bridgehead atoms. The number of benzene rings is 2. The van der Waals surface area contributed by atoms with E-state index in [4.69, 9.17) is 10.5 Å². The van der Waals surface area contributed by atoms with E-state index in [9.17, 15) is 9.59 Å². The number of carbonyl (C=O) groups excluding carboxylic acids is 2. The Balaban J connectivity index is 1.95. The third kappa shape index (κ3) is 4.49. The molecular weight excluding hydrogens is 308 g/mol. The predicted octanol–water partition coefficient (Wildman–Crippen LogP) is 2.31. The monoisotopic (exact) mass is 328 g/mol. The number of methoxy groups -OCH3 is 1. The Bertz CT molecular complexity index is 716. The molecule has 24 heavy (non-hydrogen) atoms. The summed E-state index contributed by atoms with van der Waals surface area (Å²) >= 11 is 0. The van der Waals surface area contributed by atoms with E-state index in [0.717, 1.165) is 5.56 Å². The van der Waals surface area contributed by atoms with Crippen LogP contribution in [0.15, 0.2) is 48.5 Å². The lowest BCUT2D eigenvalue weighted by molar-refractivity contribution is -0.123. The lowest BCUT2D eigenvalue weighted by Gasteiger charge is -2.15. The molecule has 0 aromatic heterocycles. The number of ether oxygens (including phenoxy) is 2. The second kappa shape index (κ2) is 8.01. The number of carbonyl (C=O) groups is 2. The highest BCUT2D eigenvalue weighted by molar-refractivity contribution is 5.90. The Morgan fingerprint density at radius 1 is 1.17 bits per heavy atom. The molecule has 1 unspecified atom stereocenters. The number of esters is 1. The molecule has 2 rings (SSSR count). The Morgan fingerprint density at radius 3 is 2.54 bits per heavy atom. The van der Waals surface area contributed by atoms with E-state index in [2.05, 4.69) is 10.1 Å². The summed E-state index contributed by atoms with van der Waals surface area (Å²) in [4.78, 5) is 23.5. The topological polar surface area (TPSA) is 90.7 Å². The van der Waals surface area contributed by atoms with Gasteiger partial charge in [-0.1, -0.05) is 30.3 Å². The highest BCUT2D eigenvalue weighted by Gasteiger charge is 2.13. The van der Waals surface area contributed by atoms with E-state index in [1.807, 2.05) is 37.3 Å². The highest BCUT2D eigenvalue weighted by atomic mass is 16.5. The Kier molecular flexibility index (Phi) is 5.78. The Morgan fingerprint density at radius 2 is 1.88 bits per heavy atom. The average Bonchev–Trinajstić information content (AvgIpc) is 2.61. The first-order chi connectivity index (χ1) is 11.5. The van der Waals surface area contributed by atoms with Crippen LogP contribution in [-0.2, 0) is 9.53 Å². The van der Waals surface area contributed by atoms with Gasteiger partial charge in [0.1, 0.15) is 5.75 Å². The van der Waals surface area contributed by atoms with Crippen LogP contribution in [0, 0.1) is 0 Å². The molecule has 6 nitrogen and oxygen atoms in total. The molecule has 0 spiro atoms. The third-order valence-electron chi connectivity index (χ3n) is 3.47. The van der Waals surface area contributed by atoms with Gasteiger partial charge in [-0.2, -0.15) is 0 Å². The van der Waals surface area contributed by atoms with Crippen molar-refractivity contribution in [3.05, 3.63) is 59.7 Å². The van der Waals surface area contributed by atoms with Crippen molar-refractivity contribution < 1.29 is 19.1 Å². The highest BCUT2D eigenvalue weighted by Crippen LogP contribution is 2.23. The van der Waals surface area contributed by atoms with Crippen LogP contribution in [0.2, 0.25) is 0 Å². The summed E-state index contributed by atoms with van der Waals surface area (Å²) in [5.41, 5.74) is 7.44. The molecule has 0 saturated heterocycles. The number of nitrogens with one attached hydrogen (secondary N) is 1. The molecular formula is C18H20N2O4. The summed E-state index contributed by atoms with van der Waals surface area (Å²) in [7, 11) is 1.29. The molecule has 0 saturated carbocycles. The maximum atomic E-state index is 12.0. The van der Waals surface area contributed by atoms with Crippen LogP contribution in [0.1, 0.15) is 28.9 Å². The molecule has 126 valence electrons. The molecule has 0 aliphatic heterocycles. The van der Waals surface area contributed by atoms with Crippen molar-refractivity contribution in [2.45, 2.75) is 13.0 Å². The zero-order valence-corrected chi connectivity index (χ0v) is 13.6. The van der Waals surface area contributed by atoms with Crippen molar-refractivity contribution in [1.82, 2.24) is 5.32 Å². The van der Waals surface area contributed by atoms with Crippen molar-refractivity contribution in [3.8, 4) is 5.75 Å². The van der Waals surface area contributed by atoms with Gasteiger partial charge < -0.3 is 20.5 Å². The fourth-order valence-electron chi connectivity index (χ4n) is 2.16. The largest absolute Gasteiger partial charge is 0.482 e. The normalized spacial score (nSPS) is 11.4. The SMILES string of the molecule is COC(=O)c1ccc(N)c(OCC(=O)NC(C)c2ccccc2)c1. The summed E-state index contributed by atoms with van der Waals surface area (Å²) < 4.78 is 10.1. The van der Waals surface area contributed by atoms with Gasteiger partial charge in [0.25, 0.3) is 5.91 Å². The second-order valence-electron chi connectivity index (χ2n) is 5.23. The number of hydrogen-bond acceptors (Lipinski definition) is 5. The molecule has 0 radical (unpaired) electrons. The molecule has 0 aliphatic carbocycles. The fraction of sp³-hybridized carbons (Fsp3) is 0.222. The van der Waals surface area contributed by atoms with Crippen molar-refractivity contribution >= 4 is 17.6 Å². The van der Waals surface area contributed by atoms with E-state index in [1.165, 1.54) is 25.3 Å². The lowest BCUT2D eigenvalue weighted by Crippen LogP contribution is -2.31. The summed E-state index contributed by atoms with van der Waals surface area (Å²) in [5, 5.41) is 2.84. The van der Waals surface area contributed by atoms with Gasteiger partial charge in [-0.3, -0.25) is 4.79 Å². The van der Waals surface area contributed by atoms with E-state index in [0.29, 0.717) is 11.3 Å². The Labute approximate surface area is 140 Å². The maximum absolute atomic E-state index is 12.0. The summed E-state index contributed by atoms with van der Waals surface area (Å²) in [6, 6.07) is 14.0. The van der Waals surface area contributed by atoms with Gasteiger partial charge in [0.2, 0.25) is 0 Å². The first-order valence-corrected chi connectivity index (χ1v) is 7.46. The van der Waals surface area contributed by atoms with Crippen molar-refractivity contribution in [3.63, 3.8) is 0 Å². The van der Waals surface area contributed by atoms with Crippen LogP contribution in [0.25, 0.3) is 0 Å². The van der Waals surface area contributed by atoms with Crippen LogP contribution in [-0.4, -0.2) is 25.6 Å². The quantitative estimate of drug-likeness (QED) is 0.627. The minimum absolute atomic E-state index is 0.138. The van der Waals surface area contributed by atoms with Crippen molar-refractivity contribution in [2.24, 2.45) is 0 Å². The van der Waals surface area contributed by atoms with Gasteiger partial charge >= 0.3 is 5.97 Å². The maximum Gasteiger partial charge on any atom is 0.337 e. The lowest BCUT2D eigenvalue weighted by atomic mass is 10.1. The number of amides is 1. The first kappa shape index (κ1) is 17.3. The van der Waals surface area contributed by atoms with Crippen LogP contribution in [0.4, 0.5) is 5.69 Å². The van der Waals surface area contributed by atoms with Crippen LogP contribution in [0.5, 0.6) is 5.75 Å². The third-order valence-corrected chi connectivity index (χ3v) is 3.47. The number of nitrogen functional groups attached to an aromatic ring is 1. The van der Waals surface area contributed by atoms with E-state index in [-0.39, 0.29) is 24.3 Å². The molecule has 1 atom stereocenters. The molecule has 6 heteroatoms. The average molecular weight is 328 g/mol. The standard InChI is InChI=1S/C18H20N2O4/c1-12(13-6-4-3-5-7-13)20-17(21)11-24-16-10-14(18(22)23-2)8-9-15(16)19/h3-10,12H,11,19H2,1-2H3,(H,20,21). The molecule has 0 heterocycles. The fourth-order valence-corrected chi connectivity index (χ4v) is 2.16. The first-order valence-electron chi connectivity index (χ1n) is 7.46. The molecule has 0 fully saturated rings. The van der Waals surface area contributed by atoms with E-state index >= 15 is 0 Å². The minimum Gasteiger partial charge on any atom is -0.482 e. The van der Waals surface area contributed by atoms with Crippen molar-refractivity contribution in [1.29, 1.82) is 0 Å². The molecule has 2 aromatic carbocycles. The summed E-state index contributed by atoms with van der Waals surface area (Å²) in [5.74, 6) is -0.517.